The molecule has 1 fully saturated rings. The molecule has 1 nitrogen and oxygen atoms in total. The zero-order valence-corrected chi connectivity index (χ0v) is 8.24. The number of benzene rings is 1. The first-order valence-corrected chi connectivity index (χ1v) is 4.92. The van der Waals surface area contributed by atoms with Gasteiger partial charge in [-0.25, -0.2) is 8.78 Å². The molecular formula is C10H10ClF2N. The van der Waals surface area contributed by atoms with Crippen LogP contribution in [0.5, 0.6) is 0 Å². The number of nitrogens with one attached hydrogen (secondary N) is 1. The maximum absolute atomic E-state index is 13.5. The number of hydrogen-bond acceptors (Lipinski definition) is 1. The lowest BCUT2D eigenvalue weighted by molar-refractivity contribution is 0.559. The number of halogens is 3. The maximum atomic E-state index is 13.5. The molecule has 1 saturated heterocycles. The Labute approximate surface area is 86.1 Å². The maximum Gasteiger partial charge on any atom is 0.148 e. The lowest BCUT2D eigenvalue weighted by Gasteiger charge is -2.10. The molecule has 1 atom stereocenters. The summed E-state index contributed by atoms with van der Waals surface area (Å²) >= 11 is 5.49. The van der Waals surface area contributed by atoms with E-state index in [1.54, 1.807) is 0 Å². The molecule has 0 aliphatic carbocycles. The first kappa shape index (κ1) is 9.87. The van der Waals surface area contributed by atoms with E-state index in [0.29, 0.717) is 5.56 Å². The summed E-state index contributed by atoms with van der Waals surface area (Å²) in [6.07, 6.45) is 0.874. The zero-order valence-electron chi connectivity index (χ0n) is 7.49. The van der Waals surface area contributed by atoms with Crippen LogP contribution in [0.1, 0.15) is 17.9 Å². The van der Waals surface area contributed by atoms with Gasteiger partial charge in [0.2, 0.25) is 0 Å². The number of rotatable bonds is 1. The average Bonchev–Trinajstić information content (AvgIpc) is 2.67. The smallest absolute Gasteiger partial charge is 0.148 e. The molecule has 1 unspecified atom stereocenters. The average molecular weight is 218 g/mol. The van der Waals surface area contributed by atoms with Crippen molar-refractivity contribution in [3.63, 3.8) is 0 Å². The van der Waals surface area contributed by atoms with Gasteiger partial charge in [-0.15, -0.1) is 0 Å². The molecule has 76 valence electrons. The van der Waals surface area contributed by atoms with Crippen molar-refractivity contribution >= 4 is 11.6 Å². The van der Waals surface area contributed by atoms with Gasteiger partial charge in [0.1, 0.15) is 16.7 Å². The SMILES string of the molecule is Fc1ccc(C2CCNC2)c(F)c1Cl. The molecule has 0 aromatic heterocycles. The van der Waals surface area contributed by atoms with Crippen LogP contribution in [-0.4, -0.2) is 13.1 Å². The summed E-state index contributed by atoms with van der Waals surface area (Å²) in [7, 11) is 0. The topological polar surface area (TPSA) is 12.0 Å². The van der Waals surface area contributed by atoms with Gasteiger partial charge in [-0.3, -0.25) is 0 Å². The highest BCUT2D eigenvalue weighted by molar-refractivity contribution is 6.30. The van der Waals surface area contributed by atoms with E-state index in [2.05, 4.69) is 5.32 Å². The summed E-state index contributed by atoms with van der Waals surface area (Å²) in [6, 6.07) is 2.70. The Balaban J connectivity index is 2.38. The monoisotopic (exact) mass is 217 g/mol. The molecular weight excluding hydrogens is 208 g/mol. The summed E-state index contributed by atoms with van der Waals surface area (Å²) in [5, 5.41) is 2.73. The Kier molecular flexibility index (Phi) is 2.70. The lowest BCUT2D eigenvalue weighted by atomic mass is 9.98. The van der Waals surface area contributed by atoms with E-state index in [9.17, 15) is 8.78 Å². The van der Waals surface area contributed by atoms with Gasteiger partial charge in [0.05, 0.1) is 0 Å². The van der Waals surface area contributed by atoms with Crippen LogP contribution in [0.4, 0.5) is 8.78 Å². The van der Waals surface area contributed by atoms with E-state index in [4.69, 9.17) is 11.6 Å². The molecule has 2 rings (SSSR count). The molecule has 0 saturated carbocycles. The van der Waals surface area contributed by atoms with Gasteiger partial charge >= 0.3 is 0 Å². The van der Waals surface area contributed by atoms with Crippen molar-refractivity contribution in [2.24, 2.45) is 0 Å². The van der Waals surface area contributed by atoms with E-state index in [1.807, 2.05) is 0 Å². The molecule has 1 N–H and O–H groups in total. The Morgan fingerprint density at radius 1 is 1.36 bits per heavy atom. The Bertz CT molecular complexity index is 348. The van der Waals surface area contributed by atoms with Gasteiger partial charge in [0, 0.05) is 12.5 Å². The zero-order chi connectivity index (χ0) is 10.1. The molecule has 0 bridgehead atoms. The molecule has 0 radical (unpaired) electrons. The summed E-state index contributed by atoms with van der Waals surface area (Å²) < 4.78 is 26.4. The van der Waals surface area contributed by atoms with Crippen LogP contribution in [0.2, 0.25) is 5.02 Å². The minimum Gasteiger partial charge on any atom is -0.316 e. The van der Waals surface area contributed by atoms with Crippen molar-refractivity contribution in [1.82, 2.24) is 5.32 Å². The first-order chi connectivity index (χ1) is 6.70. The molecule has 0 spiro atoms. The summed E-state index contributed by atoms with van der Waals surface area (Å²) in [6.45, 7) is 1.61. The van der Waals surface area contributed by atoms with E-state index < -0.39 is 16.7 Å². The van der Waals surface area contributed by atoms with Crippen molar-refractivity contribution in [2.45, 2.75) is 12.3 Å². The fraction of sp³-hybridized carbons (Fsp3) is 0.400. The molecule has 4 heteroatoms. The van der Waals surface area contributed by atoms with Crippen LogP contribution in [0.15, 0.2) is 12.1 Å². The van der Waals surface area contributed by atoms with Crippen LogP contribution in [0, 0.1) is 11.6 Å². The van der Waals surface area contributed by atoms with Gasteiger partial charge in [-0.1, -0.05) is 17.7 Å². The van der Waals surface area contributed by atoms with Crippen molar-refractivity contribution < 1.29 is 8.78 Å². The molecule has 14 heavy (non-hydrogen) atoms. The van der Waals surface area contributed by atoms with Gasteiger partial charge in [0.25, 0.3) is 0 Å². The van der Waals surface area contributed by atoms with Crippen molar-refractivity contribution in [2.75, 3.05) is 13.1 Å². The third-order valence-electron chi connectivity index (χ3n) is 2.57. The minimum atomic E-state index is -0.695. The Morgan fingerprint density at radius 3 is 2.79 bits per heavy atom. The lowest BCUT2D eigenvalue weighted by Crippen LogP contribution is -2.09. The van der Waals surface area contributed by atoms with Gasteiger partial charge in [-0.2, -0.15) is 0 Å². The second-order valence-electron chi connectivity index (χ2n) is 3.45. The van der Waals surface area contributed by atoms with Gasteiger partial charge in [-0.05, 0) is 24.6 Å². The molecule has 1 aliphatic rings. The molecule has 1 aliphatic heterocycles. The fourth-order valence-electron chi connectivity index (χ4n) is 1.78. The third kappa shape index (κ3) is 1.62. The van der Waals surface area contributed by atoms with Crippen LogP contribution in [0.25, 0.3) is 0 Å². The van der Waals surface area contributed by atoms with Crippen molar-refractivity contribution in [3.8, 4) is 0 Å². The highest BCUT2D eigenvalue weighted by Gasteiger charge is 2.22. The Hall–Kier alpha value is -0.670. The minimum absolute atomic E-state index is 0.119. The largest absolute Gasteiger partial charge is 0.316 e. The summed E-state index contributed by atoms with van der Waals surface area (Å²) in [5.41, 5.74) is 0.515. The highest BCUT2D eigenvalue weighted by atomic mass is 35.5. The molecule has 0 amide bonds. The van der Waals surface area contributed by atoms with Crippen LogP contribution < -0.4 is 5.32 Å². The van der Waals surface area contributed by atoms with Crippen LogP contribution >= 0.6 is 11.6 Å². The van der Waals surface area contributed by atoms with Crippen LogP contribution in [-0.2, 0) is 0 Å². The predicted molar refractivity (Wildman–Crippen MR) is 51.6 cm³/mol. The van der Waals surface area contributed by atoms with E-state index in [0.717, 1.165) is 19.5 Å². The van der Waals surface area contributed by atoms with Gasteiger partial charge in [0.15, 0.2) is 0 Å². The second-order valence-corrected chi connectivity index (χ2v) is 3.83. The van der Waals surface area contributed by atoms with E-state index in [1.165, 1.54) is 12.1 Å². The third-order valence-corrected chi connectivity index (χ3v) is 2.91. The van der Waals surface area contributed by atoms with Crippen molar-refractivity contribution in [1.29, 1.82) is 0 Å². The Morgan fingerprint density at radius 2 is 2.14 bits per heavy atom. The van der Waals surface area contributed by atoms with E-state index in [-0.39, 0.29) is 5.92 Å². The number of hydrogen-bond donors (Lipinski definition) is 1. The molecule has 1 aromatic rings. The first-order valence-electron chi connectivity index (χ1n) is 4.54. The standard InChI is InChI=1S/C10H10ClF2N/c11-9-8(12)2-1-7(10(9)13)6-3-4-14-5-6/h1-2,6,14H,3-5H2. The molecule has 1 aromatic carbocycles. The predicted octanol–water partition coefficient (Wildman–Crippen LogP) is 2.70. The second kappa shape index (κ2) is 3.83. The summed E-state index contributed by atoms with van der Waals surface area (Å²) in [5.74, 6) is -1.19. The van der Waals surface area contributed by atoms with E-state index >= 15 is 0 Å². The highest BCUT2D eigenvalue weighted by Crippen LogP contribution is 2.30. The fourth-order valence-corrected chi connectivity index (χ4v) is 1.95. The van der Waals surface area contributed by atoms with Crippen molar-refractivity contribution in [3.05, 3.63) is 34.4 Å². The molecule has 1 heterocycles. The van der Waals surface area contributed by atoms with Crippen LogP contribution in [0.3, 0.4) is 0 Å². The normalized spacial score (nSPS) is 21.5. The quantitative estimate of drug-likeness (QED) is 0.714. The van der Waals surface area contributed by atoms with Gasteiger partial charge < -0.3 is 5.32 Å². The summed E-state index contributed by atoms with van der Waals surface area (Å²) in [4.78, 5) is 0.